The number of aliphatic hydroxyl groups is 1. The van der Waals surface area contributed by atoms with E-state index in [4.69, 9.17) is 4.74 Å². The fourth-order valence-electron chi connectivity index (χ4n) is 2.07. The maximum atomic E-state index is 9.77. The van der Waals surface area contributed by atoms with E-state index in [1.807, 2.05) is 0 Å². The molecular weight excluding hydrogens is 250 g/mol. The molecule has 2 N–H and O–H groups in total. The summed E-state index contributed by atoms with van der Waals surface area (Å²) in [4.78, 5) is 0. The van der Waals surface area contributed by atoms with E-state index in [0.717, 1.165) is 18.3 Å². The van der Waals surface area contributed by atoms with Crippen LogP contribution in [0.2, 0.25) is 0 Å². The summed E-state index contributed by atoms with van der Waals surface area (Å²) < 4.78 is 13.0. The molecule has 5 nitrogen and oxygen atoms in total. The van der Waals surface area contributed by atoms with Gasteiger partial charge in [-0.1, -0.05) is 13.8 Å². The molecule has 0 bridgehead atoms. The molecule has 1 unspecified atom stereocenters. The fourth-order valence-corrected chi connectivity index (χ4v) is 2.43. The highest BCUT2D eigenvalue weighted by Gasteiger charge is 2.44. The molecule has 1 aromatic heterocycles. The van der Waals surface area contributed by atoms with Gasteiger partial charge in [-0.25, -0.2) is 0 Å². The predicted molar refractivity (Wildman–Crippen MR) is 70.8 cm³/mol. The van der Waals surface area contributed by atoms with Crippen LogP contribution in [0.3, 0.4) is 0 Å². The third-order valence-corrected chi connectivity index (χ3v) is 4.20. The van der Waals surface area contributed by atoms with Gasteiger partial charge < -0.3 is 15.2 Å². The van der Waals surface area contributed by atoms with Crippen LogP contribution in [0.5, 0.6) is 5.88 Å². The van der Waals surface area contributed by atoms with Crippen LogP contribution in [0, 0.1) is 11.3 Å². The summed E-state index contributed by atoms with van der Waals surface area (Å²) in [7, 11) is 0. The first-order valence-electron chi connectivity index (χ1n) is 6.41. The standard InChI is InChI=1S/C12H21N3O2S/c1-9(2)12(3-4-12)8-13-5-10(16)7-17-11-6-14-18-15-11/h6,9-10,13,16H,3-5,7-8H2,1-2H3. The van der Waals surface area contributed by atoms with E-state index in [0.29, 0.717) is 23.8 Å². The topological polar surface area (TPSA) is 67.3 Å². The molecule has 0 amide bonds. The lowest BCUT2D eigenvalue weighted by Gasteiger charge is -2.21. The monoisotopic (exact) mass is 271 g/mol. The molecule has 18 heavy (non-hydrogen) atoms. The minimum Gasteiger partial charge on any atom is -0.473 e. The summed E-state index contributed by atoms with van der Waals surface area (Å²) >= 11 is 1.10. The van der Waals surface area contributed by atoms with E-state index in [-0.39, 0.29) is 6.61 Å². The van der Waals surface area contributed by atoms with Crippen molar-refractivity contribution >= 4 is 11.7 Å². The Labute approximate surface area is 112 Å². The van der Waals surface area contributed by atoms with Crippen molar-refractivity contribution < 1.29 is 9.84 Å². The Kier molecular flexibility index (Phi) is 4.53. The lowest BCUT2D eigenvalue weighted by Crippen LogP contribution is -2.36. The minimum absolute atomic E-state index is 0.257. The van der Waals surface area contributed by atoms with Gasteiger partial charge in [-0.15, -0.1) is 4.37 Å². The quantitative estimate of drug-likeness (QED) is 0.746. The van der Waals surface area contributed by atoms with Crippen LogP contribution >= 0.6 is 11.7 Å². The van der Waals surface area contributed by atoms with Crippen LogP contribution in [-0.2, 0) is 0 Å². The maximum absolute atomic E-state index is 9.77. The Morgan fingerprint density at radius 3 is 2.89 bits per heavy atom. The van der Waals surface area contributed by atoms with Gasteiger partial charge in [0.2, 0.25) is 5.88 Å². The zero-order valence-corrected chi connectivity index (χ0v) is 11.7. The van der Waals surface area contributed by atoms with Crippen molar-refractivity contribution in [3.63, 3.8) is 0 Å². The molecule has 2 rings (SSSR count). The van der Waals surface area contributed by atoms with Crippen LogP contribution in [-0.4, -0.2) is 39.7 Å². The average Bonchev–Trinajstić information content (AvgIpc) is 2.95. The number of aromatic nitrogens is 2. The Balaban J connectivity index is 1.59. The second-order valence-corrected chi connectivity index (χ2v) is 5.92. The van der Waals surface area contributed by atoms with Gasteiger partial charge in [-0.05, 0) is 24.2 Å². The smallest absolute Gasteiger partial charge is 0.245 e. The Hall–Kier alpha value is -0.720. The minimum atomic E-state index is -0.505. The van der Waals surface area contributed by atoms with Gasteiger partial charge in [0.15, 0.2) is 0 Å². The van der Waals surface area contributed by atoms with Crippen molar-refractivity contribution in [3.8, 4) is 5.88 Å². The van der Waals surface area contributed by atoms with Crippen LogP contribution in [0.1, 0.15) is 26.7 Å². The summed E-state index contributed by atoms with van der Waals surface area (Å²) in [6.07, 6.45) is 3.65. The molecule has 1 aliphatic carbocycles. The van der Waals surface area contributed by atoms with Gasteiger partial charge in [-0.3, -0.25) is 0 Å². The van der Waals surface area contributed by atoms with E-state index in [2.05, 4.69) is 27.9 Å². The SMILES string of the molecule is CC(C)C1(CNCC(O)COc2cnsn2)CC1. The number of rotatable bonds is 8. The van der Waals surface area contributed by atoms with Crippen molar-refractivity contribution in [3.05, 3.63) is 6.20 Å². The molecule has 1 saturated carbocycles. The van der Waals surface area contributed by atoms with E-state index < -0.39 is 6.10 Å². The van der Waals surface area contributed by atoms with Gasteiger partial charge in [-0.2, -0.15) is 4.37 Å². The van der Waals surface area contributed by atoms with Crippen LogP contribution < -0.4 is 10.1 Å². The highest BCUT2D eigenvalue weighted by Crippen LogP contribution is 2.51. The van der Waals surface area contributed by atoms with Crippen molar-refractivity contribution in [2.75, 3.05) is 19.7 Å². The Morgan fingerprint density at radius 2 is 2.33 bits per heavy atom. The second-order valence-electron chi connectivity index (χ2n) is 5.36. The first kappa shape index (κ1) is 13.7. The lowest BCUT2D eigenvalue weighted by molar-refractivity contribution is 0.102. The molecule has 102 valence electrons. The van der Waals surface area contributed by atoms with Gasteiger partial charge in [0.1, 0.15) is 18.9 Å². The van der Waals surface area contributed by atoms with Crippen molar-refractivity contribution in [1.29, 1.82) is 0 Å². The van der Waals surface area contributed by atoms with Crippen molar-refractivity contribution in [2.24, 2.45) is 11.3 Å². The molecule has 1 fully saturated rings. The number of aliphatic hydroxyl groups excluding tert-OH is 1. The van der Waals surface area contributed by atoms with E-state index >= 15 is 0 Å². The molecule has 0 aliphatic heterocycles. The third kappa shape index (κ3) is 3.63. The van der Waals surface area contributed by atoms with Crippen LogP contribution in [0.25, 0.3) is 0 Å². The van der Waals surface area contributed by atoms with Crippen molar-refractivity contribution in [2.45, 2.75) is 32.8 Å². The van der Waals surface area contributed by atoms with E-state index in [1.54, 1.807) is 6.20 Å². The molecule has 0 saturated heterocycles. The summed E-state index contributed by atoms with van der Waals surface area (Å²) in [6.45, 7) is 6.34. The molecule has 6 heteroatoms. The normalized spacial score (nSPS) is 18.9. The highest BCUT2D eigenvalue weighted by atomic mass is 32.1. The summed E-state index contributed by atoms with van der Waals surface area (Å²) in [5.74, 6) is 1.19. The average molecular weight is 271 g/mol. The number of hydrogen-bond donors (Lipinski definition) is 2. The Bertz CT molecular complexity index is 352. The number of nitrogens with zero attached hydrogens (tertiary/aromatic N) is 2. The molecule has 1 heterocycles. The van der Waals surface area contributed by atoms with Gasteiger partial charge in [0, 0.05) is 13.1 Å². The summed E-state index contributed by atoms with van der Waals surface area (Å²) in [5.41, 5.74) is 0.472. The zero-order valence-electron chi connectivity index (χ0n) is 10.9. The van der Waals surface area contributed by atoms with Crippen molar-refractivity contribution in [1.82, 2.24) is 14.1 Å². The highest BCUT2D eigenvalue weighted by molar-refractivity contribution is 6.99. The van der Waals surface area contributed by atoms with Gasteiger partial charge in [0.25, 0.3) is 0 Å². The zero-order chi connectivity index (χ0) is 13.0. The largest absolute Gasteiger partial charge is 0.473 e. The molecule has 0 radical (unpaired) electrons. The fraction of sp³-hybridized carbons (Fsp3) is 0.833. The van der Waals surface area contributed by atoms with Gasteiger partial charge in [0.05, 0.1) is 11.7 Å². The first-order chi connectivity index (χ1) is 8.62. The van der Waals surface area contributed by atoms with E-state index in [9.17, 15) is 5.11 Å². The second kappa shape index (κ2) is 5.95. The molecule has 1 aromatic rings. The molecular formula is C12H21N3O2S. The first-order valence-corrected chi connectivity index (χ1v) is 7.14. The van der Waals surface area contributed by atoms with Crippen LogP contribution in [0.15, 0.2) is 6.20 Å². The number of hydrogen-bond acceptors (Lipinski definition) is 6. The third-order valence-electron chi connectivity index (χ3n) is 3.74. The predicted octanol–water partition coefficient (Wildman–Crippen LogP) is 1.30. The molecule has 0 spiro atoms. The van der Waals surface area contributed by atoms with E-state index in [1.165, 1.54) is 12.8 Å². The van der Waals surface area contributed by atoms with Crippen LogP contribution in [0.4, 0.5) is 0 Å². The number of ether oxygens (including phenoxy) is 1. The maximum Gasteiger partial charge on any atom is 0.245 e. The Morgan fingerprint density at radius 1 is 1.56 bits per heavy atom. The molecule has 0 aromatic carbocycles. The summed E-state index contributed by atoms with van der Waals surface area (Å²) in [6, 6.07) is 0. The number of nitrogens with one attached hydrogen (secondary N) is 1. The lowest BCUT2D eigenvalue weighted by atomic mass is 9.92. The molecule has 1 aliphatic rings. The summed E-state index contributed by atoms with van der Waals surface area (Å²) in [5, 5.41) is 13.1. The van der Waals surface area contributed by atoms with Gasteiger partial charge >= 0.3 is 0 Å². The molecule has 1 atom stereocenters.